The van der Waals surface area contributed by atoms with Crippen LogP contribution in [0.3, 0.4) is 0 Å². The summed E-state index contributed by atoms with van der Waals surface area (Å²) in [6.45, 7) is 0. The molecule has 0 amide bonds. The molecule has 1 aromatic rings. The third-order valence-electron chi connectivity index (χ3n) is 1.56. The third-order valence-corrected chi connectivity index (χ3v) is 1.56. The van der Waals surface area contributed by atoms with Gasteiger partial charge in [-0.05, 0) is 5.56 Å². The van der Waals surface area contributed by atoms with Crippen molar-refractivity contribution >= 4 is 0 Å². The van der Waals surface area contributed by atoms with Gasteiger partial charge in [0.1, 0.15) is 0 Å². The number of rotatable bonds is 1. The van der Waals surface area contributed by atoms with E-state index in [1.807, 2.05) is 30.3 Å². The minimum absolute atomic E-state index is 0.0381. The molecule has 0 fully saturated rings. The topological polar surface area (TPSA) is 48.8 Å². The number of hydrogen-bond acceptors (Lipinski definition) is 4. The van der Waals surface area contributed by atoms with E-state index in [4.69, 9.17) is 0 Å². The van der Waals surface area contributed by atoms with Gasteiger partial charge in [0.15, 0.2) is 6.17 Å². The Morgan fingerprint density at radius 1 is 1.00 bits per heavy atom. The van der Waals surface area contributed by atoms with Crippen LogP contribution >= 0.6 is 0 Å². The van der Waals surface area contributed by atoms with Crippen molar-refractivity contribution in [1.82, 2.24) is 10.9 Å². The maximum Gasteiger partial charge on any atom is 0.157 e. The van der Waals surface area contributed by atoms with Gasteiger partial charge in [0.2, 0.25) is 0 Å². The van der Waals surface area contributed by atoms with Gasteiger partial charge in [-0.1, -0.05) is 40.8 Å². The monoisotopic (exact) mass is 148 g/mol. The van der Waals surface area contributed by atoms with Crippen LogP contribution in [0, 0.1) is 0 Å². The quantitative estimate of drug-likeness (QED) is 0.627. The second kappa shape index (κ2) is 2.57. The maximum absolute atomic E-state index is 3.61. The number of nitrogens with zero attached hydrogens (tertiary/aromatic N) is 2. The number of benzene rings is 1. The van der Waals surface area contributed by atoms with E-state index in [0.29, 0.717) is 0 Å². The zero-order valence-electron chi connectivity index (χ0n) is 5.86. The van der Waals surface area contributed by atoms with Gasteiger partial charge >= 0.3 is 0 Å². The van der Waals surface area contributed by atoms with Crippen LogP contribution in [-0.2, 0) is 0 Å². The third kappa shape index (κ3) is 1.14. The van der Waals surface area contributed by atoms with Crippen LogP contribution < -0.4 is 10.9 Å². The van der Waals surface area contributed by atoms with Crippen molar-refractivity contribution in [3.8, 4) is 0 Å². The molecule has 4 heteroatoms. The average molecular weight is 148 g/mol. The molecule has 1 heterocycles. The molecule has 11 heavy (non-hydrogen) atoms. The highest BCUT2D eigenvalue weighted by molar-refractivity contribution is 5.18. The van der Waals surface area contributed by atoms with E-state index in [-0.39, 0.29) is 6.17 Å². The Morgan fingerprint density at radius 3 is 2.27 bits per heavy atom. The highest BCUT2D eigenvalue weighted by atomic mass is 15.7. The molecule has 1 aliphatic rings. The minimum atomic E-state index is 0.0381. The maximum atomic E-state index is 3.61. The van der Waals surface area contributed by atoms with Crippen LogP contribution in [0.25, 0.3) is 0 Å². The summed E-state index contributed by atoms with van der Waals surface area (Å²) in [6, 6.07) is 9.98. The first kappa shape index (κ1) is 6.15. The summed E-state index contributed by atoms with van der Waals surface area (Å²) in [5.74, 6) is 0. The molecule has 0 bridgehead atoms. The van der Waals surface area contributed by atoms with E-state index in [1.54, 1.807) is 0 Å². The predicted octanol–water partition coefficient (Wildman–Crippen LogP) is 1.16. The Bertz CT molecular complexity index is 248. The molecular formula is C7H8N4. The standard InChI is InChI=1S/C7H8N4/c1-2-4-6(5-3-1)7-8-10-11-9-7/h1-5,7H,(H,8,11)(H,9,10). The molecule has 2 rings (SSSR count). The van der Waals surface area contributed by atoms with Crippen LogP contribution in [0.5, 0.6) is 0 Å². The van der Waals surface area contributed by atoms with Crippen molar-refractivity contribution in [1.29, 1.82) is 0 Å². The minimum Gasteiger partial charge on any atom is -0.262 e. The van der Waals surface area contributed by atoms with Gasteiger partial charge < -0.3 is 0 Å². The fraction of sp³-hybridized carbons (Fsp3) is 0.143. The first-order chi connectivity index (χ1) is 5.47. The van der Waals surface area contributed by atoms with Crippen molar-refractivity contribution in [3.05, 3.63) is 35.9 Å². The van der Waals surface area contributed by atoms with Crippen molar-refractivity contribution in [3.63, 3.8) is 0 Å². The van der Waals surface area contributed by atoms with Gasteiger partial charge in [0, 0.05) is 0 Å². The number of hydrogen-bond donors (Lipinski definition) is 2. The zero-order valence-corrected chi connectivity index (χ0v) is 5.86. The Kier molecular flexibility index (Phi) is 1.44. The highest BCUT2D eigenvalue weighted by Gasteiger charge is 2.11. The molecule has 0 aromatic heterocycles. The molecule has 0 unspecified atom stereocenters. The van der Waals surface area contributed by atoms with Gasteiger partial charge in [-0.2, -0.15) is 0 Å². The van der Waals surface area contributed by atoms with Gasteiger partial charge in [-0.3, -0.25) is 10.9 Å². The summed E-state index contributed by atoms with van der Waals surface area (Å²) in [4.78, 5) is 0. The van der Waals surface area contributed by atoms with Crippen LogP contribution in [0.4, 0.5) is 0 Å². The molecule has 56 valence electrons. The predicted molar refractivity (Wildman–Crippen MR) is 40.3 cm³/mol. The molecule has 0 atom stereocenters. The molecule has 4 nitrogen and oxygen atoms in total. The van der Waals surface area contributed by atoms with E-state index in [0.717, 1.165) is 5.56 Å². The Hall–Kier alpha value is -1.58. The van der Waals surface area contributed by atoms with E-state index in [9.17, 15) is 0 Å². The molecule has 0 spiro atoms. The van der Waals surface area contributed by atoms with Crippen molar-refractivity contribution < 1.29 is 0 Å². The van der Waals surface area contributed by atoms with Crippen LogP contribution in [0.1, 0.15) is 11.7 Å². The van der Waals surface area contributed by atoms with Gasteiger partial charge in [-0.15, -0.1) is 0 Å². The lowest BCUT2D eigenvalue weighted by Gasteiger charge is -2.07. The molecular weight excluding hydrogens is 140 g/mol. The molecule has 2 N–H and O–H groups in total. The smallest absolute Gasteiger partial charge is 0.157 e. The Morgan fingerprint density at radius 2 is 1.64 bits per heavy atom. The normalized spacial score (nSPS) is 16.0. The SMILES string of the molecule is c1ccc(C2NN=NN2)cc1. The summed E-state index contributed by atoms with van der Waals surface area (Å²) in [5, 5.41) is 7.21. The fourth-order valence-electron chi connectivity index (χ4n) is 0.997. The molecule has 0 aliphatic carbocycles. The van der Waals surface area contributed by atoms with Crippen LogP contribution in [0.15, 0.2) is 40.8 Å². The highest BCUT2D eigenvalue weighted by Crippen LogP contribution is 2.11. The summed E-state index contributed by atoms with van der Waals surface area (Å²) in [7, 11) is 0. The molecule has 0 radical (unpaired) electrons. The van der Waals surface area contributed by atoms with E-state index in [1.165, 1.54) is 0 Å². The van der Waals surface area contributed by atoms with Crippen molar-refractivity contribution in [2.45, 2.75) is 6.17 Å². The summed E-state index contributed by atoms with van der Waals surface area (Å²) in [5.41, 5.74) is 6.78. The average Bonchev–Trinajstić information content (AvgIpc) is 2.58. The Balaban J connectivity index is 2.17. The lowest BCUT2D eigenvalue weighted by Crippen LogP contribution is -2.20. The molecule has 0 saturated carbocycles. The van der Waals surface area contributed by atoms with Gasteiger partial charge in [0.25, 0.3) is 0 Å². The van der Waals surface area contributed by atoms with E-state index < -0.39 is 0 Å². The first-order valence-electron chi connectivity index (χ1n) is 3.42. The summed E-state index contributed by atoms with van der Waals surface area (Å²) >= 11 is 0. The Labute approximate surface area is 64.3 Å². The lowest BCUT2D eigenvalue weighted by atomic mass is 10.2. The fourth-order valence-corrected chi connectivity index (χ4v) is 0.997. The zero-order chi connectivity index (χ0) is 7.52. The molecule has 0 saturated heterocycles. The van der Waals surface area contributed by atoms with E-state index in [2.05, 4.69) is 21.3 Å². The summed E-state index contributed by atoms with van der Waals surface area (Å²) < 4.78 is 0. The van der Waals surface area contributed by atoms with Crippen molar-refractivity contribution in [2.24, 2.45) is 10.4 Å². The lowest BCUT2D eigenvalue weighted by molar-refractivity contribution is 0.552. The van der Waals surface area contributed by atoms with Gasteiger partial charge in [-0.25, -0.2) is 0 Å². The number of nitrogens with one attached hydrogen (secondary N) is 2. The summed E-state index contributed by atoms with van der Waals surface area (Å²) in [6.07, 6.45) is 0.0381. The van der Waals surface area contributed by atoms with Crippen molar-refractivity contribution in [2.75, 3.05) is 0 Å². The largest absolute Gasteiger partial charge is 0.262 e. The second-order valence-corrected chi connectivity index (χ2v) is 2.30. The van der Waals surface area contributed by atoms with Crippen LogP contribution in [0.2, 0.25) is 0 Å². The second-order valence-electron chi connectivity index (χ2n) is 2.30. The molecule has 1 aliphatic heterocycles. The van der Waals surface area contributed by atoms with Crippen LogP contribution in [-0.4, -0.2) is 0 Å². The molecule has 1 aromatic carbocycles. The van der Waals surface area contributed by atoms with Gasteiger partial charge in [0.05, 0.1) is 0 Å². The van der Waals surface area contributed by atoms with E-state index >= 15 is 0 Å². The first-order valence-corrected chi connectivity index (χ1v) is 3.42.